The highest BCUT2D eigenvalue weighted by Crippen LogP contribution is 2.47. The van der Waals surface area contributed by atoms with Crippen molar-refractivity contribution in [3.63, 3.8) is 0 Å². The SMILES string of the molecule is CC1=C([Si](C)(C)NC(C)(C)C)C(C)C2=C1CCCC2.Cl.Cl. The Labute approximate surface area is 145 Å². The Bertz CT molecular complexity index is 444. The first-order chi connectivity index (χ1) is 8.63. The second-order valence-corrected chi connectivity index (χ2v) is 12.0. The molecule has 21 heavy (non-hydrogen) atoms. The summed E-state index contributed by atoms with van der Waals surface area (Å²) >= 11 is 0. The number of halogens is 2. The van der Waals surface area contributed by atoms with Gasteiger partial charge in [0.2, 0.25) is 0 Å². The minimum Gasteiger partial charge on any atom is -0.329 e. The first kappa shape index (κ1) is 21.2. The molecule has 124 valence electrons. The highest BCUT2D eigenvalue weighted by Gasteiger charge is 2.40. The van der Waals surface area contributed by atoms with Crippen LogP contribution in [0.15, 0.2) is 21.9 Å². The molecule has 0 radical (unpaired) electrons. The van der Waals surface area contributed by atoms with Crippen LogP contribution in [0, 0.1) is 5.92 Å². The molecular formula is C17H33Cl2NSi. The van der Waals surface area contributed by atoms with Gasteiger partial charge in [0.25, 0.3) is 0 Å². The number of allylic oxidation sites excluding steroid dienone is 4. The van der Waals surface area contributed by atoms with Crippen molar-refractivity contribution in [3.05, 3.63) is 21.9 Å². The van der Waals surface area contributed by atoms with E-state index in [-0.39, 0.29) is 30.4 Å². The smallest absolute Gasteiger partial charge is 0.148 e. The standard InChI is InChI=1S/C17H31NSi.2ClH/c1-12-14-10-8-9-11-15(14)13(2)16(12)19(6,7)18-17(3,4)5;;/h12,18H,8-11H2,1-7H3;2*1H. The van der Waals surface area contributed by atoms with E-state index in [1.165, 1.54) is 25.7 Å². The molecule has 2 rings (SSSR count). The summed E-state index contributed by atoms with van der Waals surface area (Å²) in [6, 6.07) is 0. The van der Waals surface area contributed by atoms with Gasteiger partial charge >= 0.3 is 0 Å². The summed E-state index contributed by atoms with van der Waals surface area (Å²) in [5, 5.41) is 1.77. The van der Waals surface area contributed by atoms with Gasteiger partial charge < -0.3 is 4.98 Å². The summed E-state index contributed by atoms with van der Waals surface area (Å²) in [6.45, 7) is 16.7. The first-order valence-corrected chi connectivity index (χ1v) is 10.9. The van der Waals surface area contributed by atoms with E-state index in [9.17, 15) is 0 Å². The lowest BCUT2D eigenvalue weighted by Crippen LogP contribution is -2.56. The highest BCUT2D eigenvalue weighted by atomic mass is 35.5. The van der Waals surface area contributed by atoms with E-state index in [2.05, 4.69) is 52.7 Å². The molecule has 4 heteroatoms. The molecule has 0 aromatic rings. The van der Waals surface area contributed by atoms with Crippen LogP contribution >= 0.6 is 24.8 Å². The summed E-state index contributed by atoms with van der Waals surface area (Å²) < 4.78 is 0. The van der Waals surface area contributed by atoms with Gasteiger partial charge in [0.05, 0.1) is 0 Å². The van der Waals surface area contributed by atoms with Crippen LogP contribution in [-0.4, -0.2) is 13.8 Å². The van der Waals surface area contributed by atoms with E-state index < -0.39 is 8.24 Å². The number of hydrogen-bond acceptors (Lipinski definition) is 1. The number of nitrogens with one attached hydrogen (secondary N) is 1. The van der Waals surface area contributed by atoms with E-state index in [0.717, 1.165) is 0 Å². The van der Waals surface area contributed by atoms with Gasteiger partial charge in [-0.15, -0.1) is 24.8 Å². The van der Waals surface area contributed by atoms with Crippen LogP contribution in [0.1, 0.15) is 60.3 Å². The molecule has 1 N–H and O–H groups in total. The largest absolute Gasteiger partial charge is 0.329 e. The van der Waals surface area contributed by atoms with E-state index in [1.807, 2.05) is 0 Å². The molecule has 0 saturated carbocycles. The third-order valence-corrected chi connectivity index (χ3v) is 8.21. The van der Waals surface area contributed by atoms with Crippen LogP contribution in [0.25, 0.3) is 0 Å². The first-order valence-electron chi connectivity index (χ1n) is 7.86. The van der Waals surface area contributed by atoms with Gasteiger partial charge in [-0.05, 0) is 64.9 Å². The van der Waals surface area contributed by atoms with Gasteiger partial charge in [0, 0.05) is 5.54 Å². The third kappa shape index (κ3) is 4.37. The maximum absolute atomic E-state index is 3.96. The van der Waals surface area contributed by atoms with Crippen LogP contribution in [0.4, 0.5) is 0 Å². The predicted octanol–water partition coefficient (Wildman–Crippen LogP) is 5.80. The summed E-state index contributed by atoms with van der Waals surface area (Å²) in [5.41, 5.74) is 5.36. The molecule has 0 heterocycles. The van der Waals surface area contributed by atoms with Gasteiger partial charge in [0.1, 0.15) is 8.24 Å². The molecule has 0 fully saturated rings. The molecule has 0 aromatic carbocycles. The zero-order valence-electron chi connectivity index (χ0n) is 14.7. The monoisotopic (exact) mass is 349 g/mol. The van der Waals surface area contributed by atoms with Crippen molar-refractivity contribution in [1.29, 1.82) is 0 Å². The molecule has 0 amide bonds. The fourth-order valence-electron chi connectivity index (χ4n) is 4.51. The molecule has 1 unspecified atom stereocenters. The van der Waals surface area contributed by atoms with E-state index in [0.29, 0.717) is 5.92 Å². The Morgan fingerprint density at radius 1 is 1.05 bits per heavy atom. The Morgan fingerprint density at radius 2 is 1.57 bits per heavy atom. The molecule has 0 aromatic heterocycles. The Hall–Kier alpha value is 0.237. The molecule has 0 saturated heterocycles. The Morgan fingerprint density at radius 3 is 2.05 bits per heavy atom. The summed E-state index contributed by atoms with van der Waals surface area (Å²) in [5.74, 6) is 0.701. The van der Waals surface area contributed by atoms with Crippen LogP contribution in [0.3, 0.4) is 0 Å². The predicted molar refractivity (Wildman–Crippen MR) is 102 cm³/mol. The maximum atomic E-state index is 3.96. The van der Waals surface area contributed by atoms with Crippen molar-refractivity contribution in [2.75, 3.05) is 0 Å². The van der Waals surface area contributed by atoms with E-state index in [1.54, 1.807) is 21.9 Å². The maximum Gasteiger partial charge on any atom is 0.148 e. The van der Waals surface area contributed by atoms with Gasteiger partial charge in [-0.3, -0.25) is 0 Å². The van der Waals surface area contributed by atoms with E-state index >= 15 is 0 Å². The molecular weight excluding hydrogens is 317 g/mol. The molecule has 0 spiro atoms. The normalized spacial score (nSPS) is 22.7. The highest BCUT2D eigenvalue weighted by molar-refractivity contribution is 6.82. The quantitative estimate of drug-likeness (QED) is 0.621. The van der Waals surface area contributed by atoms with Crippen LogP contribution in [0.5, 0.6) is 0 Å². The molecule has 2 aliphatic rings. The van der Waals surface area contributed by atoms with Gasteiger partial charge in [-0.2, -0.15) is 0 Å². The van der Waals surface area contributed by atoms with Crippen molar-refractivity contribution in [3.8, 4) is 0 Å². The molecule has 1 atom stereocenters. The van der Waals surface area contributed by atoms with Gasteiger partial charge in [0.15, 0.2) is 0 Å². The Kier molecular flexibility index (Phi) is 7.29. The average Bonchev–Trinajstić information content (AvgIpc) is 2.49. The lowest BCUT2D eigenvalue weighted by atomic mass is 9.88. The lowest BCUT2D eigenvalue weighted by molar-refractivity contribution is 0.512. The number of rotatable bonds is 2. The van der Waals surface area contributed by atoms with Crippen molar-refractivity contribution >= 4 is 33.0 Å². The third-order valence-electron chi connectivity index (χ3n) is 4.68. The fourth-order valence-corrected chi connectivity index (χ4v) is 8.87. The van der Waals surface area contributed by atoms with Crippen LogP contribution in [0.2, 0.25) is 13.1 Å². The number of hydrogen-bond donors (Lipinski definition) is 1. The van der Waals surface area contributed by atoms with Crippen molar-refractivity contribution in [2.45, 2.75) is 78.9 Å². The van der Waals surface area contributed by atoms with Crippen molar-refractivity contribution in [1.82, 2.24) is 4.98 Å². The molecule has 1 nitrogen and oxygen atoms in total. The van der Waals surface area contributed by atoms with Crippen molar-refractivity contribution < 1.29 is 0 Å². The minimum atomic E-state index is -1.53. The molecule has 2 aliphatic carbocycles. The fraction of sp³-hybridized carbons (Fsp3) is 0.765. The molecule has 0 bridgehead atoms. The zero-order valence-corrected chi connectivity index (χ0v) is 17.4. The van der Waals surface area contributed by atoms with Gasteiger partial charge in [-0.25, -0.2) is 0 Å². The second kappa shape index (κ2) is 7.21. The minimum absolute atomic E-state index is 0. The summed E-state index contributed by atoms with van der Waals surface area (Å²) in [6.07, 6.45) is 5.47. The summed E-state index contributed by atoms with van der Waals surface area (Å²) in [7, 11) is -1.53. The van der Waals surface area contributed by atoms with Crippen molar-refractivity contribution in [2.24, 2.45) is 5.92 Å². The van der Waals surface area contributed by atoms with Gasteiger partial charge in [-0.1, -0.05) is 36.4 Å². The zero-order chi connectivity index (χ0) is 14.4. The topological polar surface area (TPSA) is 12.0 Å². The lowest BCUT2D eigenvalue weighted by Gasteiger charge is -2.37. The summed E-state index contributed by atoms with van der Waals surface area (Å²) in [4.78, 5) is 3.96. The average molecular weight is 350 g/mol. The van der Waals surface area contributed by atoms with E-state index in [4.69, 9.17) is 0 Å². The van der Waals surface area contributed by atoms with Crippen LogP contribution < -0.4 is 4.98 Å². The second-order valence-electron chi connectivity index (χ2n) is 7.97. The Balaban J connectivity index is 0.00000200. The van der Waals surface area contributed by atoms with Crippen LogP contribution in [-0.2, 0) is 0 Å². The molecule has 0 aliphatic heterocycles.